The van der Waals surface area contributed by atoms with E-state index in [2.05, 4.69) is 9.97 Å². The Bertz CT molecular complexity index is 1200. The fourth-order valence-corrected chi connectivity index (χ4v) is 3.63. The summed E-state index contributed by atoms with van der Waals surface area (Å²) >= 11 is 6.26. The van der Waals surface area contributed by atoms with Crippen LogP contribution in [-0.4, -0.2) is 14.5 Å². The van der Waals surface area contributed by atoms with Gasteiger partial charge in [-0.25, -0.2) is 4.98 Å². The summed E-state index contributed by atoms with van der Waals surface area (Å²) in [6.07, 6.45) is 3.40. The van der Waals surface area contributed by atoms with Gasteiger partial charge in [0.05, 0.1) is 5.56 Å². The topological polar surface area (TPSA) is 47.8 Å². The number of nitrogens with zero attached hydrogens (tertiary/aromatic N) is 3. The SMILES string of the molecule is CCn1c(=O)c(-c2ccncc2)c(-c2cccc(Cl)c2)c2ccc(C)nc21. The highest BCUT2D eigenvalue weighted by atomic mass is 35.5. The molecule has 0 atom stereocenters. The number of hydrogen-bond donors (Lipinski definition) is 0. The molecule has 5 heteroatoms. The van der Waals surface area contributed by atoms with E-state index in [-0.39, 0.29) is 5.56 Å². The minimum atomic E-state index is -0.0655. The summed E-state index contributed by atoms with van der Waals surface area (Å²) in [6, 6.07) is 15.3. The second-order valence-corrected chi connectivity index (χ2v) is 6.81. The maximum Gasteiger partial charge on any atom is 0.260 e. The molecule has 134 valence electrons. The second kappa shape index (κ2) is 6.97. The van der Waals surface area contributed by atoms with Crippen molar-refractivity contribution in [3.05, 3.63) is 82.0 Å². The van der Waals surface area contributed by atoms with Gasteiger partial charge in [0, 0.05) is 40.6 Å². The minimum Gasteiger partial charge on any atom is -0.292 e. The molecule has 0 fully saturated rings. The van der Waals surface area contributed by atoms with Gasteiger partial charge in [-0.15, -0.1) is 0 Å². The maximum atomic E-state index is 13.5. The molecule has 0 saturated carbocycles. The van der Waals surface area contributed by atoms with Crippen LogP contribution in [0.5, 0.6) is 0 Å². The Labute approximate surface area is 162 Å². The molecule has 0 spiro atoms. The van der Waals surface area contributed by atoms with E-state index in [1.165, 1.54) is 0 Å². The van der Waals surface area contributed by atoms with E-state index in [1.54, 1.807) is 17.0 Å². The Hall–Kier alpha value is -2.98. The smallest absolute Gasteiger partial charge is 0.260 e. The van der Waals surface area contributed by atoms with Crippen LogP contribution in [0.3, 0.4) is 0 Å². The molecular formula is C22H18ClN3O. The van der Waals surface area contributed by atoms with Crippen molar-refractivity contribution >= 4 is 22.6 Å². The van der Waals surface area contributed by atoms with E-state index in [0.717, 1.165) is 27.8 Å². The first-order valence-electron chi connectivity index (χ1n) is 8.80. The monoisotopic (exact) mass is 375 g/mol. The lowest BCUT2D eigenvalue weighted by Crippen LogP contribution is -2.23. The van der Waals surface area contributed by atoms with Crippen molar-refractivity contribution in [2.75, 3.05) is 0 Å². The van der Waals surface area contributed by atoms with E-state index in [4.69, 9.17) is 11.6 Å². The summed E-state index contributed by atoms with van der Waals surface area (Å²) in [5.74, 6) is 0. The standard InChI is InChI=1S/C22H18ClN3O/c1-3-26-21-18(8-7-14(2)25-21)19(16-5-4-6-17(23)13-16)20(22(26)27)15-9-11-24-12-10-15/h4-13H,3H2,1-2H3. The average Bonchev–Trinajstić information content (AvgIpc) is 2.67. The van der Waals surface area contributed by atoms with E-state index in [0.29, 0.717) is 22.8 Å². The van der Waals surface area contributed by atoms with Gasteiger partial charge in [-0.3, -0.25) is 14.3 Å². The number of rotatable bonds is 3. The summed E-state index contributed by atoms with van der Waals surface area (Å²) in [4.78, 5) is 22.2. The molecule has 0 bridgehead atoms. The first-order valence-corrected chi connectivity index (χ1v) is 9.18. The van der Waals surface area contributed by atoms with Crippen LogP contribution >= 0.6 is 11.6 Å². The number of aromatic nitrogens is 3. The summed E-state index contributed by atoms with van der Waals surface area (Å²) < 4.78 is 1.73. The molecule has 4 nitrogen and oxygen atoms in total. The number of hydrogen-bond acceptors (Lipinski definition) is 3. The highest BCUT2D eigenvalue weighted by Gasteiger charge is 2.20. The quantitative estimate of drug-likeness (QED) is 0.500. The molecule has 0 N–H and O–H groups in total. The highest BCUT2D eigenvalue weighted by molar-refractivity contribution is 6.31. The van der Waals surface area contributed by atoms with Gasteiger partial charge in [-0.1, -0.05) is 23.7 Å². The van der Waals surface area contributed by atoms with E-state index in [1.807, 2.05) is 62.4 Å². The molecule has 0 aliphatic heterocycles. The van der Waals surface area contributed by atoms with Crippen LogP contribution in [0.1, 0.15) is 12.6 Å². The summed E-state index contributed by atoms with van der Waals surface area (Å²) in [5.41, 5.74) is 4.71. The predicted molar refractivity (Wildman–Crippen MR) is 110 cm³/mol. The molecule has 0 aliphatic carbocycles. The molecule has 4 aromatic rings. The normalized spacial score (nSPS) is 11.1. The van der Waals surface area contributed by atoms with Gasteiger partial charge in [0.25, 0.3) is 5.56 Å². The zero-order valence-electron chi connectivity index (χ0n) is 15.1. The molecule has 0 unspecified atom stereocenters. The summed E-state index contributed by atoms with van der Waals surface area (Å²) in [6.45, 7) is 4.43. The number of fused-ring (bicyclic) bond motifs is 1. The van der Waals surface area contributed by atoms with Crippen LogP contribution in [0.15, 0.2) is 65.7 Å². The molecule has 3 heterocycles. The molecule has 3 aromatic heterocycles. The Morgan fingerprint density at radius 2 is 1.78 bits per heavy atom. The number of pyridine rings is 3. The molecule has 0 saturated heterocycles. The first kappa shape index (κ1) is 17.4. The van der Waals surface area contributed by atoms with Gasteiger partial charge in [0.2, 0.25) is 0 Å². The van der Waals surface area contributed by atoms with Crippen molar-refractivity contribution in [2.24, 2.45) is 0 Å². The number of halogens is 1. The van der Waals surface area contributed by atoms with Crippen LogP contribution in [0.4, 0.5) is 0 Å². The number of benzene rings is 1. The average molecular weight is 376 g/mol. The van der Waals surface area contributed by atoms with E-state index < -0.39 is 0 Å². The largest absolute Gasteiger partial charge is 0.292 e. The lowest BCUT2D eigenvalue weighted by molar-refractivity contribution is 0.750. The molecule has 1 aromatic carbocycles. The summed E-state index contributed by atoms with van der Waals surface area (Å²) in [5, 5.41) is 1.55. The molecule has 0 amide bonds. The third-order valence-electron chi connectivity index (χ3n) is 4.65. The Morgan fingerprint density at radius 3 is 2.48 bits per heavy atom. The van der Waals surface area contributed by atoms with Crippen molar-refractivity contribution in [2.45, 2.75) is 20.4 Å². The molecule has 0 radical (unpaired) electrons. The van der Waals surface area contributed by atoms with Crippen molar-refractivity contribution in [1.29, 1.82) is 0 Å². The second-order valence-electron chi connectivity index (χ2n) is 6.37. The van der Waals surface area contributed by atoms with Gasteiger partial charge in [0.1, 0.15) is 5.65 Å². The Kier molecular flexibility index (Phi) is 4.50. The zero-order chi connectivity index (χ0) is 19.0. The number of aryl methyl sites for hydroxylation is 2. The maximum absolute atomic E-state index is 13.5. The van der Waals surface area contributed by atoms with Gasteiger partial charge in [-0.05, 0) is 61.4 Å². The van der Waals surface area contributed by atoms with Gasteiger partial charge in [-0.2, -0.15) is 0 Å². The first-order chi connectivity index (χ1) is 13.1. The molecular weight excluding hydrogens is 358 g/mol. The molecule has 0 aliphatic rings. The predicted octanol–water partition coefficient (Wildman–Crippen LogP) is 5.11. The molecule has 27 heavy (non-hydrogen) atoms. The third-order valence-corrected chi connectivity index (χ3v) is 4.88. The van der Waals surface area contributed by atoms with Crippen LogP contribution in [-0.2, 0) is 6.54 Å². The van der Waals surface area contributed by atoms with Gasteiger partial charge >= 0.3 is 0 Å². The minimum absolute atomic E-state index is 0.0655. The third kappa shape index (κ3) is 3.02. The van der Waals surface area contributed by atoms with Crippen LogP contribution < -0.4 is 5.56 Å². The fourth-order valence-electron chi connectivity index (χ4n) is 3.44. The van der Waals surface area contributed by atoms with Crippen LogP contribution in [0.2, 0.25) is 5.02 Å². The lowest BCUT2D eigenvalue weighted by Gasteiger charge is -2.17. The fraction of sp³-hybridized carbons (Fsp3) is 0.136. The van der Waals surface area contributed by atoms with Crippen molar-refractivity contribution in [3.63, 3.8) is 0 Å². The van der Waals surface area contributed by atoms with Crippen molar-refractivity contribution < 1.29 is 0 Å². The van der Waals surface area contributed by atoms with Crippen LogP contribution in [0.25, 0.3) is 33.3 Å². The van der Waals surface area contributed by atoms with E-state index >= 15 is 0 Å². The summed E-state index contributed by atoms with van der Waals surface area (Å²) in [7, 11) is 0. The van der Waals surface area contributed by atoms with Crippen LogP contribution in [0, 0.1) is 6.92 Å². The van der Waals surface area contributed by atoms with Gasteiger partial charge in [0.15, 0.2) is 0 Å². The zero-order valence-corrected chi connectivity index (χ0v) is 15.9. The highest BCUT2D eigenvalue weighted by Crippen LogP contribution is 2.36. The van der Waals surface area contributed by atoms with E-state index in [9.17, 15) is 4.79 Å². The Balaban J connectivity index is 2.24. The van der Waals surface area contributed by atoms with Gasteiger partial charge < -0.3 is 0 Å². The Morgan fingerprint density at radius 1 is 1.00 bits per heavy atom. The van der Waals surface area contributed by atoms with Crippen molar-refractivity contribution in [1.82, 2.24) is 14.5 Å². The van der Waals surface area contributed by atoms with Crippen molar-refractivity contribution in [3.8, 4) is 22.3 Å². The lowest BCUT2D eigenvalue weighted by atomic mass is 9.93. The molecule has 4 rings (SSSR count).